The molecule has 0 unspecified atom stereocenters. The highest BCUT2D eigenvalue weighted by atomic mass is 32.2. The van der Waals surface area contributed by atoms with Crippen molar-refractivity contribution < 1.29 is 9.59 Å². The lowest BCUT2D eigenvalue weighted by molar-refractivity contribution is 0.0928. The molecule has 3 amide bonds. The van der Waals surface area contributed by atoms with Gasteiger partial charge in [-0.1, -0.05) is 17.8 Å². The summed E-state index contributed by atoms with van der Waals surface area (Å²) < 4.78 is 0. The number of thioether (sulfide) groups is 1. The largest absolute Gasteiger partial charge is 0.349 e. The van der Waals surface area contributed by atoms with Crippen LogP contribution in [0, 0.1) is 6.92 Å². The Labute approximate surface area is 174 Å². The van der Waals surface area contributed by atoms with E-state index in [0.29, 0.717) is 23.9 Å². The van der Waals surface area contributed by atoms with Gasteiger partial charge in [-0.25, -0.2) is 14.8 Å². The van der Waals surface area contributed by atoms with Crippen molar-refractivity contribution in [1.29, 1.82) is 0 Å². The number of urea groups is 1. The average molecular weight is 412 g/mol. The highest BCUT2D eigenvalue weighted by Gasteiger charge is 2.26. The maximum atomic E-state index is 12.8. The van der Waals surface area contributed by atoms with E-state index in [-0.39, 0.29) is 18.0 Å². The summed E-state index contributed by atoms with van der Waals surface area (Å²) in [4.78, 5) is 35.0. The van der Waals surface area contributed by atoms with Crippen molar-refractivity contribution in [3.05, 3.63) is 47.8 Å². The van der Waals surface area contributed by atoms with Crippen molar-refractivity contribution in [3.63, 3.8) is 0 Å². The van der Waals surface area contributed by atoms with E-state index in [1.807, 2.05) is 31.2 Å². The molecule has 2 aliphatic rings. The van der Waals surface area contributed by atoms with Crippen molar-refractivity contribution in [2.45, 2.75) is 49.1 Å². The quantitative estimate of drug-likeness (QED) is 0.738. The van der Waals surface area contributed by atoms with Crippen molar-refractivity contribution in [2.75, 3.05) is 18.0 Å². The molecule has 8 heteroatoms. The van der Waals surface area contributed by atoms with Crippen molar-refractivity contribution in [3.8, 4) is 0 Å². The van der Waals surface area contributed by atoms with Gasteiger partial charge >= 0.3 is 6.03 Å². The molecule has 0 spiro atoms. The SMILES string of the molecule is Cc1ccc(C(=O)NC2CCC(Sc3ncccn3)CC2)cc1N1CCNC1=O. The molecule has 1 saturated heterocycles. The molecule has 2 aromatic rings. The van der Waals surface area contributed by atoms with E-state index < -0.39 is 0 Å². The van der Waals surface area contributed by atoms with Gasteiger partial charge in [0.1, 0.15) is 0 Å². The van der Waals surface area contributed by atoms with E-state index in [1.165, 1.54) is 0 Å². The number of anilines is 1. The molecule has 4 rings (SSSR count). The van der Waals surface area contributed by atoms with Crippen molar-refractivity contribution >= 4 is 29.4 Å². The van der Waals surface area contributed by atoms with Crippen molar-refractivity contribution in [2.24, 2.45) is 0 Å². The molecule has 1 aliphatic heterocycles. The lowest BCUT2D eigenvalue weighted by Gasteiger charge is -2.28. The van der Waals surface area contributed by atoms with Crippen LogP contribution >= 0.6 is 11.8 Å². The van der Waals surface area contributed by atoms with Crippen LogP contribution in [0.4, 0.5) is 10.5 Å². The molecule has 1 aromatic carbocycles. The Hall–Kier alpha value is -2.61. The summed E-state index contributed by atoms with van der Waals surface area (Å²) in [7, 11) is 0. The Morgan fingerprint density at radius 3 is 2.66 bits per heavy atom. The fourth-order valence-corrected chi connectivity index (χ4v) is 4.88. The van der Waals surface area contributed by atoms with E-state index in [4.69, 9.17) is 0 Å². The van der Waals surface area contributed by atoms with Crippen LogP contribution in [0.5, 0.6) is 0 Å². The Kier molecular flexibility index (Phi) is 5.99. The third-order valence-corrected chi connectivity index (χ3v) is 6.67. The third-order valence-electron chi connectivity index (χ3n) is 5.44. The van der Waals surface area contributed by atoms with Gasteiger partial charge in [0.15, 0.2) is 5.16 Å². The molecule has 1 aromatic heterocycles. The van der Waals surface area contributed by atoms with Crippen LogP contribution in [0.25, 0.3) is 0 Å². The smallest absolute Gasteiger partial charge is 0.322 e. The van der Waals surface area contributed by atoms with Gasteiger partial charge in [0.25, 0.3) is 5.91 Å². The van der Waals surface area contributed by atoms with Gasteiger partial charge in [0.2, 0.25) is 0 Å². The number of carbonyl (C=O) groups excluding carboxylic acids is 2. The fourth-order valence-electron chi connectivity index (χ4n) is 3.83. The second-order valence-electron chi connectivity index (χ2n) is 7.48. The van der Waals surface area contributed by atoms with Crippen LogP contribution in [-0.4, -0.2) is 46.3 Å². The predicted octanol–water partition coefficient (Wildman–Crippen LogP) is 3.15. The van der Waals surface area contributed by atoms with Gasteiger partial charge in [0, 0.05) is 48.0 Å². The molecule has 0 radical (unpaired) electrons. The molecule has 29 heavy (non-hydrogen) atoms. The summed E-state index contributed by atoms with van der Waals surface area (Å²) in [6, 6.07) is 7.45. The lowest BCUT2D eigenvalue weighted by atomic mass is 9.94. The molecule has 2 heterocycles. The molecule has 7 nitrogen and oxygen atoms in total. The molecule has 2 N–H and O–H groups in total. The van der Waals surface area contributed by atoms with E-state index in [2.05, 4.69) is 20.6 Å². The molecule has 2 fully saturated rings. The minimum absolute atomic E-state index is 0.0756. The number of carbonyl (C=O) groups is 2. The standard InChI is InChI=1S/C21H25N5O2S/c1-14-3-4-15(13-18(14)26-12-11-24-21(26)28)19(27)25-16-5-7-17(8-6-16)29-20-22-9-2-10-23-20/h2-4,9-10,13,16-17H,5-8,11-12H2,1H3,(H,24,28)(H,25,27). The molecular formula is C21H25N5O2S. The minimum Gasteiger partial charge on any atom is -0.349 e. The van der Waals surface area contributed by atoms with Crippen LogP contribution in [-0.2, 0) is 0 Å². The highest BCUT2D eigenvalue weighted by Crippen LogP contribution is 2.32. The number of nitrogens with one attached hydrogen (secondary N) is 2. The number of hydrogen-bond donors (Lipinski definition) is 2. The van der Waals surface area contributed by atoms with Crippen LogP contribution in [0.1, 0.15) is 41.6 Å². The Balaban J connectivity index is 1.34. The van der Waals surface area contributed by atoms with Crippen LogP contribution in [0.15, 0.2) is 41.8 Å². The second-order valence-corrected chi connectivity index (χ2v) is 8.75. The maximum Gasteiger partial charge on any atom is 0.322 e. The first-order valence-corrected chi connectivity index (χ1v) is 10.9. The zero-order chi connectivity index (χ0) is 20.2. The van der Waals surface area contributed by atoms with Crippen LogP contribution in [0.2, 0.25) is 0 Å². The molecular weight excluding hydrogens is 386 g/mol. The Bertz CT molecular complexity index is 884. The maximum absolute atomic E-state index is 12.8. The number of aryl methyl sites for hydroxylation is 1. The van der Waals surface area contributed by atoms with Crippen LogP contribution < -0.4 is 15.5 Å². The summed E-state index contributed by atoms with van der Waals surface area (Å²) >= 11 is 1.72. The summed E-state index contributed by atoms with van der Waals surface area (Å²) in [6.45, 7) is 3.21. The second kappa shape index (κ2) is 8.82. The molecule has 1 aliphatic carbocycles. The normalized spacial score (nSPS) is 21.7. The monoisotopic (exact) mass is 411 g/mol. The zero-order valence-corrected chi connectivity index (χ0v) is 17.2. The number of amides is 3. The van der Waals surface area contributed by atoms with Gasteiger partial charge in [0.05, 0.1) is 0 Å². The zero-order valence-electron chi connectivity index (χ0n) is 16.4. The van der Waals surface area contributed by atoms with Gasteiger partial charge in [-0.05, 0) is 56.4 Å². The van der Waals surface area contributed by atoms with E-state index in [1.54, 1.807) is 29.1 Å². The van der Waals surface area contributed by atoms with Gasteiger partial charge in [-0.2, -0.15) is 0 Å². The predicted molar refractivity (Wildman–Crippen MR) is 113 cm³/mol. The number of benzene rings is 1. The highest BCUT2D eigenvalue weighted by molar-refractivity contribution is 7.99. The summed E-state index contributed by atoms with van der Waals surface area (Å²) in [5, 5.41) is 7.28. The molecule has 152 valence electrons. The Morgan fingerprint density at radius 1 is 1.21 bits per heavy atom. The topological polar surface area (TPSA) is 87.2 Å². The minimum atomic E-state index is -0.108. The first-order chi connectivity index (χ1) is 14.1. The van der Waals surface area contributed by atoms with E-state index in [0.717, 1.165) is 42.1 Å². The van der Waals surface area contributed by atoms with E-state index in [9.17, 15) is 9.59 Å². The van der Waals surface area contributed by atoms with Gasteiger partial charge in [-0.3, -0.25) is 9.69 Å². The van der Waals surface area contributed by atoms with Gasteiger partial charge in [-0.15, -0.1) is 0 Å². The summed E-state index contributed by atoms with van der Waals surface area (Å²) in [5.74, 6) is -0.0756. The fraction of sp³-hybridized carbons (Fsp3) is 0.429. The van der Waals surface area contributed by atoms with Crippen LogP contribution in [0.3, 0.4) is 0 Å². The number of aromatic nitrogens is 2. The first kappa shape index (κ1) is 19.7. The summed E-state index contributed by atoms with van der Waals surface area (Å²) in [6.07, 6.45) is 7.49. The molecule has 0 atom stereocenters. The first-order valence-electron chi connectivity index (χ1n) is 10.0. The third kappa shape index (κ3) is 4.70. The van der Waals surface area contributed by atoms with Crippen molar-refractivity contribution in [1.82, 2.24) is 20.6 Å². The van der Waals surface area contributed by atoms with E-state index >= 15 is 0 Å². The number of hydrogen-bond acceptors (Lipinski definition) is 5. The molecule has 0 bridgehead atoms. The Morgan fingerprint density at radius 2 is 1.97 bits per heavy atom. The number of nitrogens with zero attached hydrogens (tertiary/aromatic N) is 3. The summed E-state index contributed by atoms with van der Waals surface area (Å²) in [5.41, 5.74) is 2.38. The average Bonchev–Trinajstić information content (AvgIpc) is 3.16. The number of rotatable bonds is 5. The molecule has 1 saturated carbocycles. The van der Waals surface area contributed by atoms with Gasteiger partial charge < -0.3 is 10.6 Å². The lowest BCUT2D eigenvalue weighted by Crippen LogP contribution is -2.38.